The largest absolute Gasteiger partial charge is 0.371 e. The van der Waals surface area contributed by atoms with Crippen molar-refractivity contribution in [1.29, 1.82) is 0 Å². The lowest BCUT2D eigenvalue weighted by Crippen LogP contribution is -2.44. The minimum absolute atomic E-state index is 0.0877. The molecule has 0 aliphatic carbocycles. The second-order valence-electron chi connectivity index (χ2n) is 5.80. The van der Waals surface area contributed by atoms with Crippen LogP contribution in [0.3, 0.4) is 0 Å². The van der Waals surface area contributed by atoms with Gasteiger partial charge in [-0.2, -0.15) is 0 Å². The lowest BCUT2D eigenvalue weighted by atomic mass is 9.96. The maximum atomic E-state index is 11.1. The van der Waals surface area contributed by atoms with E-state index in [1.54, 1.807) is 6.92 Å². The third kappa shape index (κ3) is 2.80. The van der Waals surface area contributed by atoms with Crippen LogP contribution < -0.4 is 15.5 Å². The van der Waals surface area contributed by atoms with E-state index in [1.807, 2.05) is 0 Å². The molecule has 1 aromatic carbocycles. The molecule has 0 radical (unpaired) electrons. The third-order valence-electron chi connectivity index (χ3n) is 4.36. The summed E-state index contributed by atoms with van der Waals surface area (Å²) in [6, 6.07) is 7.02. The average molecular weight is 273 g/mol. The highest BCUT2D eigenvalue weighted by Crippen LogP contribution is 2.28. The first kappa shape index (κ1) is 13.4. The predicted octanol–water partition coefficient (Wildman–Crippen LogP) is 1.44. The van der Waals surface area contributed by atoms with E-state index in [-0.39, 0.29) is 5.91 Å². The van der Waals surface area contributed by atoms with Crippen molar-refractivity contribution in [1.82, 2.24) is 10.6 Å². The van der Waals surface area contributed by atoms with Crippen molar-refractivity contribution < 1.29 is 4.79 Å². The number of rotatable bonds is 2. The summed E-state index contributed by atoms with van der Waals surface area (Å²) in [5.41, 5.74) is 4.35. The van der Waals surface area contributed by atoms with E-state index in [0.29, 0.717) is 6.04 Å². The Balaban J connectivity index is 1.71. The molecule has 2 aliphatic rings. The molecule has 20 heavy (non-hydrogen) atoms. The summed E-state index contributed by atoms with van der Waals surface area (Å²) in [5.74, 6) is 0.0877. The van der Waals surface area contributed by atoms with Crippen molar-refractivity contribution in [2.45, 2.75) is 38.8 Å². The molecule has 108 valence electrons. The highest BCUT2D eigenvalue weighted by Gasteiger charge is 2.23. The molecule has 0 bridgehead atoms. The van der Waals surface area contributed by atoms with E-state index in [9.17, 15) is 4.79 Å². The number of hydrogen-bond acceptors (Lipinski definition) is 3. The Kier molecular flexibility index (Phi) is 3.92. The zero-order valence-electron chi connectivity index (χ0n) is 12.1. The van der Waals surface area contributed by atoms with Crippen molar-refractivity contribution in [2.75, 3.05) is 24.5 Å². The smallest absolute Gasteiger partial charge is 0.217 e. The van der Waals surface area contributed by atoms with Gasteiger partial charge in [-0.1, -0.05) is 12.1 Å². The molecule has 0 unspecified atom stereocenters. The van der Waals surface area contributed by atoms with Gasteiger partial charge in [-0.3, -0.25) is 4.79 Å². The Hall–Kier alpha value is -1.55. The van der Waals surface area contributed by atoms with Crippen LogP contribution in [0.4, 0.5) is 5.69 Å². The van der Waals surface area contributed by atoms with Crippen LogP contribution in [0.25, 0.3) is 0 Å². The lowest BCUT2D eigenvalue weighted by Gasteiger charge is -2.36. The number of piperidine rings is 1. The van der Waals surface area contributed by atoms with Gasteiger partial charge >= 0.3 is 0 Å². The molecule has 4 heteroatoms. The number of carbonyl (C=O) groups is 1. The summed E-state index contributed by atoms with van der Waals surface area (Å²) in [6.45, 7) is 5.73. The minimum Gasteiger partial charge on any atom is -0.371 e. The molecule has 1 fully saturated rings. The average Bonchev–Trinajstić information content (AvgIpc) is 2.47. The van der Waals surface area contributed by atoms with Gasteiger partial charge in [0.25, 0.3) is 0 Å². The Morgan fingerprint density at radius 3 is 2.90 bits per heavy atom. The molecule has 2 N–H and O–H groups in total. The molecule has 3 rings (SSSR count). The molecule has 1 saturated heterocycles. The Bertz CT molecular complexity index is 492. The van der Waals surface area contributed by atoms with Crippen molar-refractivity contribution in [3.63, 3.8) is 0 Å². The van der Waals surface area contributed by atoms with Crippen LogP contribution in [0, 0.1) is 0 Å². The Morgan fingerprint density at radius 1 is 1.35 bits per heavy atom. The summed E-state index contributed by atoms with van der Waals surface area (Å²) in [4.78, 5) is 13.6. The van der Waals surface area contributed by atoms with Gasteiger partial charge in [0.2, 0.25) is 5.91 Å². The number of benzene rings is 1. The number of hydrogen-bond donors (Lipinski definition) is 2. The SMILES string of the molecule is CC(=O)NC1CCN(c2cccc3c2CNCC3)CC1. The van der Waals surface area contributed by atoms with E-state index in [1.165, 1.54) is 16.8 Å². The topological polar surface area (TPSA) is 44.4 Å². The number of anilines is 1. The predicted molar refractivity (Wildman–Crippen MR) is 80.9 cm³/mol. The molecular formula is C16H23N3O. The van der Waals surface area contributed by atoms with Gasteiger partial charge in [-0.25, -0.2) is 0 Å². The van der Waals surface area contributed by atoms with Gasteiger partial charge < -0.3 is 15.5 Å². The van der Waals surface area contributed by atoms with Crippen molar-refractivity contribution >= 4 is 11.6 Å². The molecule has 2 aliphatic heterocycles. The third-order valence-corrected chi connectivity index (χ3v) is 4.36. The first-order valence-electron chi connectivity index (χ1n) is 7.57. The minimum atomic E-state index is 0.0877. The molecule has 1 amide bonds. The summed E-state index contributed by atoms with van der Waals surface area (Å²) >= 11 is 0. The maximum absolute atomic E-state index is 11.1. The van der Waals surface area contributed by atoms with Gasteiger partial charge in [0.1, 0.15) is 0 Å². The maximum Gasteiger partial charge on any atom is 0.217 e. The highest BCUT2D eigenvalue weighted by molar-refractivity contribution is 5.73. The number of nitrogens with one attached hydrogen (secondary N) is 2. The summed E-state index contributed by atoms with van der Waals surface area (Å²) in [5, 5.41) is 6.51. The van der Waals surface area contributed by atoms with Crippen LogP contribution in [0.5, 0.6) is 0 Å². The molecule has 0 spiro atoms. The molecular weight excluding hydrogens is 250 g/mol. The molecule has 0 saturated carbocycles. The van der Waals surface area contributed by atoms with E-state index in [2.05, 4.69) is 33.7 Å². The number of fused-ring (bicyclic) bond motifs is 1. The molecule has 4 nitrogen and oxygen atoms in total. The van der Waals surface area contributed by atoms with Gasteiger partial charge in [0, 0.05) is 38.3 Å². The summed E-state index contributed by atoms with van der Waals surface area (Å²) in [6.07, 6.45) is 3.21. The first-order chi connectivity index (χ1) is 9.74. The van der Waals surface area contributed by atoms with Crippen molar-refractivity contribution in [3.05, 3.63) is 29.3 Å². The Morgan fingerprint density at radius 2 is 2.15 bits per heavy atom. The van der Waals surface area contributed by atoms with Crippen LogP contribution in [0.1, 0.15) is 30.9 Å². The monoisotopic (exact) mass is 273 g/mol. The lowest BCUT2D eigenvalue weighted by molar-refractivity contribution is -0.119. The zero-order chi connectivity index (χ0) is 13.9. The van der Waals surface area contributed by atoms with Crippen LogP contribution in [-0.2, 0) is 17.8 Å². The van der Waals surface area contributed by atoms with Gasteiger partial charge in [-0.15, -0.1) is 0 Å². The number of carbonyl (C=O) groups excluding carboxylic acids is 1. The quantitative estimate of drug-likeness (QED) is 0.857. The highest BCUT2D eigenvalue weighted by atomic mass is 16.1. The van der Waals surface area contributed by atoms with Crippen LogP contribution in [-0.4, -0.2) is 31.6 Å². The fourth-order valence-corrected chi connectivity index (χ4v) is 3.34. The van der Waals surface area contributed by atoms with Crippen LogP contribution in [0.2, 0.25) is 0 Å². The Labute approximate surface area is 120 Å². The van der Waals surface area contributed by atoms with Gasteiger partial charge in [0.05, 0.1) is 0 Å². The van der Waals surface area contributed by atoms with Crippen molar-refractivity contribution in [2.24, 2.45) is 0 Å². The summed E-state index contributed by atoms with van der Waals surface area (Å²) in [7, 11) is 0. The van der Waals surface area contributed by atoms with Crippen LogP contribution in [0.15, 0.2) is 18.2 Å². The number of nitrogens with zero attached hydrogens (tertiary/aromatic N) is 1. The van der Waals surface area contributed by atoms with E-state index >= 15 is 0 Å². The van der Waals surface area contributed by atoms with Crippen LogP contribution >= 0.6 is 0 Å². The van der Waals surface area contributed by atoms with E-state index in [0.717, 1.165) is 45.4 Å². The van der Waals surface area contributed by atoms with Gasteiger partial charge in [-0.05, 0) is 43.0 Å². The number of amides is 1. The molecule has 2 heterocycles. The van der Waals surface area contributed by atoms with E-state index in [4.69, 9.17) is 0 Å². The second kappa shape index (κ2) is 5.83. The second-order valence-corrected chi connectivity index (χ2v) is 5.80. The first-order valence-corrected chi connectivity index (χ1v) is 7.57. The fraction of sp³-hybridized carbons (Fsp3) is 0.562. The molecule has 1 aromatic rings. The zero-order valence-corrected chi connectivity index (χ0v) is 12.1. The van der Waals surface area contributed by atoms with Gasteiger partial charge in [0.15, 0.2) is 0 Å². The standard InChI is InChI=1S/C16H23N3O/c1-12(20)18-14-6-9-19(10-7-14)16-4-2-3-13-5-8-17-11-15(13)16/h2-4,14,17H,5-11H2,1H3,(H,18,20). The normalized spacial score (nSPS) is 19.6. The van der Waals surface area contributed by atoms with E-state index < -0.39 is 0 Å². The fourth-order valence-electron chi connectivity index (χ4n) is 3.34. The molecule has 0 atom stereocenters. The summed E-state index contributed by atoms with van der Waals surface area (Å²) < 4.78 is 0. The van der Waals surface area contributed by atoms with Crippen molar-refractivity contribution in [3.8, 4) is 0 Å². The molecule has 0 aromatic heterocycles.